The zero-order valence-corrected chi connectivity index (χ0v) is 18.3. The Kier molecular flexibility index (Phi) is 5.62. The number of nitrogens with zero attached hydrogens (tertiary/aromatic N) is 6. The highest BCUT2D eigenvalue weighted by Crippen LogP contribution is 2.21. The third kappa shape index (κ3) is 4.29. The minimum Gasteiger partial charge on any atom is -0.340 e. The Bertz CT molecular complexity index is 1240. The number of thiophene rings is 2. The van der Waals surface area contributed by atoms with Gasteiger partial charge in [0.15, 0.2) is 0 Å². The van der Waals surface area contributed by atoms with E-state index in [0.29, 0.717) is 43.3 Å². The molecule has 4 aromatic rings. The van der Waals surface area contributed by atoms with Crippen LogP contribution in [0.5, 0.6) is 0 Å². The molecule has 5 rings (SSSR count). The van der Waals surface area contributed by atoms with E-state index in [-0.39, 0.29) is 17.9 Å². The summed E-state index contributed by atoms with van der Waals surface area (Å²) in [6, 6.07) is 5.70. The highest BCUT2D eigenvalue weighted by atomic mass is 32.1. The van der Waals surface area contributed by atoms with Gasteiger partial charge in [0.05, 0.1) is 23.1 Å². The van der Waals surface area contributed by atoms with Crippen molar-refractivity contribution < 1.29 is 9.32 Å². The van der Waals surface area contributed by atoms with Gasteiger partial charge in [0.1, 0.15) is 4.83 Å². The Morgan fingerprint density at radius 3 is 2.81 bits per heavy atom. The normalized spacial score (nSPS) is 15.0. The van der Waals surface area contributed by atoms with Crippen LogP contribution in [-0.2, 0) is 17.9 Å². The molecular weight excluding hydrogens is 436 g/mol. The Labute approximate surface area is 185 Å². The third-order valence-corrected chi connectivity index (χ3v) is 7.00. The molecule has 0 saturated carbocycles. The van der Waals surface area contributed by atoms with Crippen LogP contribution >= 0.6 is 22.7 Å². The maximum atomic E-state index is 12.6. The van der Waals surface area contributed by atoms with Crippen molar-refractivity contribution in [2.45, 2.75) is 19.5 Å². The first-order valence-corrected chi connectivity index (χ1v) is 11.7. The Morgan fingerprint density at radius 2 is 2.00 bits per heavy atom. The minimum absolute atomic E-state index is 0.0507. The number of aryl methyl sites for hydroxylation is 1. The van der Waals surface area contributed by atoms with Crippen LogP contribution in [0.1, 0.15) is 12.3 Å². The molecule has 0 unspecified atom stereocenters. The lowest BCUT2D eigenvalue weighted by molar-refractivity contribution is -0.133. The Balaban J connectivity index is 1.12. The second-order valence-corrected chi connectivity index (χ2v) is 9.12. The van der Waals surface area contributed by atoms with Gasteiger partial charge in [-0.15, -0.1) is 22.7 Å². The second-order valence-electron chi connectivity index (χ2n) is 7.28. The summed E-state index contributed by atoms with van der Waals surface area (Å²) in [7, 11) is 0. The zero-order chi connectivity index (χ0) is 21.2. The van der Waals surface area contributed by atoms with Crippen LogP contribution < -0.4 is 5.56 Å². The molecule has 0 spiro atoms. The fourth-order valence-corrected chi connectivity index (χ4v) is 4.97. The van der Waals surface area contributed by atoms with Gasteiger partial charge < -0.3 is 9.42 Å². The molecule has 0 bridgehead atoms. The van der Waals surface area contributed by atoms with E-state index in [2.05, 4.69) is 20.0 Å². The van der Waals surface area contributed by atoms with E-state index in [9.17, 15) is 9.59 Å². The predicted octanol–water partition coefficient (Wildman–Crippen LogP) is 2.30. The number of aromatic nitrogens is 4. The monoisotopic (exact) mass is 456 g/mol. The summed E-state index contributed by atoms with van der Waals surface area (Å²) in [6.07, 6.45) is 1.81. The number of hydrogen-bond donors (Lipinski definition) is 0. The Hall–Kier alpha value is -2.89. The van der Waals surface area contributed by atoms with E-state index >= 15 is 0 Å². The molecule has 31 heavy (non-hydrogen) atoms. The molecule has 0 radical (unpaired) electrons. The fourth-order valence-electron chi connectivity index (χ4n) is 3.60. The number of piperazine rings is 1. The third-order valence-electron chi connectivity index (χ3n) is 5.31. The summed E-state index contributed by atoms with van der Waals surface area (Å²) in [5.74, 6) is 1.25. The molecule has 9 nitrogen and oxygen atoms in total. The molecule has 1 aliphatic heterocycles. The number of amides is 1. The van der Waals surface area contributed by atoms with Gasteiger partial charge in [-0.05, 0) is 22.9 Å². The molecule has 0 N–H and O–H groups in total. The lowest BCUT2D eigenvalue weighted by Crippen LogP contribution is -2.48. The lowest BCUT2D eigenvalue weighted by Gasteiger charge is -2.34. The molecule has 0 aromatic carbocycles. The van der Waals surface area contributed by atoms with Gasteiger partial charge in [-0.2, -0.15) is 4.98 Å². The van der Waals surface area contributed by atoms with Gasteiger partial charge in [0.25, 0.3) is 5.56 Å². The summed E-state index contributed by atoms with van der Waals surface area (Å²) in [5, 5.41) is 8.49. The van der Waals surface area contributed by atoms with Crippen molar-refractivity contribution in [2.24, 2.45) is 0 Å². The molecule has 1 aliphatic rings. The van der Waals surface area contributed by atoms with Crippen molar-refractivity contribution in [3.63, 3.8) is 0 Å². The summed E-state index contributed by atoms with van der Waals surface area (Å²) >= 11 is 3.02. The van der Waals surface area contributed by atoms with Crippen LogP contribution in [0.15, 0.2) is 44.6 Å². The molecule has 1 saturated heterocycles. The average molecular weight is 457 g/mol. The molecular formula is C20H20N6O3S2. The van der Waals surface area contributed by atoms with Crippen LogP contribution in [-0.4, -0.2) is 61.6 Å². The molecule has 1 fully saturated rings. The molecule has 11 heteroatoms. The first-order chi connectivity index (χ1) is 15.2. The van der Waals surface area contributed by atoms with Crippen LogP contribution in [0, 0.1) is 0 Å². The van der Waals surface area contributed by atoms with Crippen molar-refractivity contribution >= 4 is 38.8 Å². The van der Waals surface area contributed by atoms with E-state index in [1.165, 1.54) is 22.2 Å². The standard InChI is InChI=1S/C20H20N6O3S2/c27-17(3-5-26-13-21-19-14(20(26)28)4-11-31-19)25-8-6-24(7-9-25)12-16-22-18(23-29-16)15-2-1-10-30-15/h1-2,4,10-11,13H,3,5-9,12H2. The first kappa shape index (κ1) is 20.0. The van der Waals surface area contributed by atoms with E-state index in [0.717, 1.165) is 22.8 Å². The number of hydrogen-bond acceptors (Lipinski definition) is 9. The average Bonchev–Trinajstić information content (AvgIpc) is 3.55. The number of rotatable bonds is 6. The van der Waals surface area contributed by atoms with Crippen LogP contribution in [0.4, 0.5) is 0 Å². The SMILES string of the molecule is O=C(CCn1cnc2sccc2c1=O)N1CCN(Cc2nc(-c3cccs3)no2)CC1. The number of fused-ring (bicyclic) bond motifs is 1. The lowest BCUT2D eigenvalue weighted by atomic mass is 10.2. The van der Waals surface area contributed by atoms with Gasteiger partial charge in [0.2, 0.25) is 17.6 Å². The van der Waals surface area contributed by atoms with E-state index in [4.69, 9.17) is 4.52 Å². The van der Waals surface area contributed by atoms with E-state index in [1.54, 1.807) is 17.4 Å². The summed E-state index contributed by atoms with van der Waals surface area (Å²) in [4.78, 5) is 39.6. The molecule has 5 heterocycles. The van der Waals surface area contributed by atoms with Crippen molar-refractivity contribution in [1.82, 2.24) is 29.5 Å². The predicted molar refractivity (Wildman–Crippen MR) is 118 cm³/mol. The van der Waals surface area contributed by atoms with Gasteiger partial charge in [-0.25, -0.2) is 4.98 Å². The fraction of sp³-hybridized carbons (Fsp3) is 0.350. The van der Waals surface area contributed by atoms with Gasteiger partial charge in [0, 0.05) is 39.1 Å². The van der Waals surface area contributed by atoms with Crippen molar-refractivity contribution in [3.05, 3.63) is 51.5 Å². The molecule has 0 atom stereocenters. The Morgan fingerprint density at radius 1 is 1.13 bits per heavy atom. The highest BCUT2D eigenvalue weighted by Gasteiger charge is 2.23. The smallest absolute Gasteiger partial charge is 0.262 e. The van der Waals surface area contributed by atoms with Crippen LogP contribution in [0.2, 0.25) is 0 Å². The van der Waals surface area contributed by atoms with Gasteiger partial charge in [-0.3, -0.25) is 19.1 Å². The number of carbonyl (C=O) groups is 1. The summed E-state index contributed by atoms with van der Waals surface area (Å²) in [6.45, 7) is 3.67. The van der Waals surface area contributed by atoms with Crippen molar-refractivity contribution in [2.75, 3.05) is 26.2 Å². The van der Waals surface area contributed by atoms with Crippen molar-refractivity contribution in [3.8, 4) is 10.7 Å². The van der Waals surface area contributed by atoms with E-state index in [1.807, 2.05) is 27.8 Å². The largest absolute Gasteiger partial charge is 0.340 e. The summed E-state index contributed by atoms with van der Waals surface area (Å²) in [5.41, 5.74) is -0.0923. The molecule has 4 aromatic heterocycles. The summed E-state index contributed by atoms with van der Waals surface area (Å²) < 4.78 is 6.89. The van der Waals surface area contributed by atoms with Crippen LogP contribution in [0.3, 0.4) is 0 Å². The van der Waals surface area contributed by atoms with E-state index < -0.39 is 0 Å². The minimum atomic E-state index is -0.0923. The van der Waals surface area contributed by atoms with Crippen LogP contribution in [0.25, 0.3) is 20.9 Å². The van der Waals surface area contributed by atoms with Crippen molar-refractivity contribution in [1.29, 1.82) is 0 Å². The maximum absolute atomic E-state index is 12.6. The molecule has 160 valence electrons. The quantitative estimate of drug-likeness (QED) is 0.439. The first-order valence-electron chi connectivity index (χ1n) is 9.96. The topological polar surface area (TPSA) is 97.4 Å². The second kappa shape index (κ2) is 8.69. The number of carbonyl (C=O) groups excluding carboxylic acids is 1. The van der Waals surface area contributed by atoms with Gasteiger partial charge >= 0.3 is 0 Å². The molecule has 1 amide bonds. The zero-order valence-electron chi connectivity index (χ0n) is 16.6. The highest BCUT2D eigenvalue weighted by molar-refractivity contribution is 7.16. The molecule has 0 aliphatic carbocycles. The maximum Gasteiger partial charge on any atom is 0.262 e. The van der Waals surface area contributed by atoms with Gasteiger partial charge in [-0.1, -0.05) is 11.2 Å².